The Labute approximate surface area is 176 Å². The lowest BCUT2D eigenvalue weighted by Gasteiger charge is -2.14. The van der Waals surface area contributed by atoms with E-state index in [9.17, 15) is 9.59 Å². The van der Waals surface area contributed by atoms with Crippen molar-refractivity contribution in [2.75, 3.05) is 35.0 Å². The van der Waals surface area contributed by atoms with Crippen molar-refractivity contribution in [3.8, 4) is 23.0 Å². The first-order chi connectivity index (χ1) is 14.4. The minimum atomic E-state index is -0.202. The molecular weight excluding hydrogens is 386 g/mol. The van der Waals surface area contributed by atoms with E-state index in [0.29, 0.717) is 41.5 Å². The van der Waals surface area contributed by atoms with Gasteiger partial charge in [0.1, 0.15) is 11.5 Å². The highest BCUT2D eigenvalue weighted by molar-refractivity contribution is 6.08. The average Bonchev–Trinajstić information content (AvgIpc) is 2.76. The minimum absolute atomic E-state index is 0.130. The zero-order chi connectivity index (χ0) is 22.1. The second-order valence-corrected chi connectivity index (χ2v) is 6.40. The summed E-state index contributed by atoms with van der Waals surface area (Å²) in [4.78, 5) is 24.2. The second kappa shape index (κ2) is 10.9. The molecule has 0 unspecified atom stereocenters. The summed E-state index contributed by atoms with van der Waals surface area (Å²) in [5.74, 6) is 1.90. The van der Waals surface area contributed by atoms with Gasteiger partial charge in [-0.1, -0.05) is 0 Å². The summed E-state index contributed by atoms with van der Waals surface area (Å²) in [7, 11) is 6.18. The minimum Gasteiger partial charge on any atom is -0.497 e. The van der Waals surface area contributed by atoms with Crippen molar-refractivity contribution in [1.82, 2.24) is 5.32 Å². The number of ether oxygens (including phenoxy) is 4. The Morgan fingerprint density at radius 2 is 1.57 bits per heavy atom. The number of amides is 1. The lowest BCUT2D eigenvalue weighted by atomic mass is 9.98. The summed E-state index contributed by atoms with van der Waals surface area (Å²) in [6, 6.07) is 8.77. The molecule has 0 radical (unpaired) electrons. The van der Waals surface area contributed by atoms with Crippen LogP contribution in [-0.4, -0.2) is 46.7 Å². The first kappa shape index (κ1) is 22.8. The Bertz CT molecular complexity index is 936. The highest BCUT2D eigenvalue weighted by atomic mass is 16.5. The molecule has 0 saturated heterocycles. The topological polar surface area (TPSA) is 83.1 Å². The van der Waals surface area contributed by atoms with Gasteiger partial charge in [-0.3, -0.25) is 9.59 Å². The molecule has 0 bridgehead atoms. The summed E-state index contributed by atoms with van der Waals surface area (Å²) >= 11 is 0. The number of allylic oxidation sites excluding steroid dienone is 1. The van der Waals surface area contributed by atoms with Gasteiger partial charge in [-0.05, 0) is 48.4 Å². The molecule has 0 aliphatic carbocycles. The van der Waals surface area contributed by atoms with E-state index in [1.165, 1.54) is 27.2 Å². The smallest absolute Gasteiger partial charge is 0.216 e. The predicted octanol–water partition coefficient (Wildman–Crippen LogP) is 3.30. The zero-order valence-electron chi connectivity index (χ0n) is 17.9. The molecule has 0 spiro atoms. The lowest BCUT2D eigenvalue weighted by molar-refractivity contribution is -0.118. The fourth-order valence-corrected chi connectivity index (χ4v) is 2.94. The monoisotopic (exact) mass is 413 g/mol. The molecule has 7 nitrogen and oxygen atoms in total. The van der Waals surface area contributed by atoms with Crippen LogP contribution in [0.25, 0.3) is 6.08 Å². The van der Waals surface area contributed by atoms with Crippen LogP contribution >= 0.6 is 0 Å². The Balaban J connectivity index is 2.36. The Morgan fingerprint density at radius 1 is 0.900 bits per heavy atom. The molecule has 0 aliphatic heterocycles. The summed E-state index contributed by atoms with van der Waals surface area (Å²) < 4.78 is 21.3. The zero-order valence-corrected chi connectivity index (χ0v) is 17.9. The fraction of sp³-hybridized carbons (Fsp3) is 0.304. The molecule has 2 aromatic carbocycles. The molecule has 0 aliphatic rings. The van der Waals surface area contributed by atoms with E-state index in [0.717, 1.165) is 11.1 Å². The van der Waals surface area contributed by atoms with Crippen LogP contribution in [0.15, 0.2) is 36.4 Å². The summed E-state index contributed by atoms with van der Waals surface area (Å²) in [6.07, 6.45) is 3.64. The third kappa shape index (κ3) is 5.76. The van der Waals surface area contributed by atoms with Crippen molar-refractivity contribution in [2.24, 2.45) is 0 Å². The first-order valence-corrected chi connectivity index (χ1v) is 9.37. The van der Waals surface area contributed by atoms with E-state index in [2.05, 4.69) is 5.32 Å². The molecule has 2 aromatic rings. The van der Waals surface area contributed by atoms with Crippen molar-refractivity contribution in [1.29, 1.82) is 0 Å². The number of ketones is 1. The maximum atomic E-state index is 13.0. The highest BCUT2D eigenvalue weighted by Gasteiger charge is 2.16. The van der Waals surface area contributed by atoms with Crippen LogP contribution in [0.5, 0.6) is 23.0 Å². The van der Waals surface area contributed by atoms with E-state index in [4.69, 9.17) is 18.9 Å². The van der Waals surface area contributed by atoms with Gasteiger partial charge in [-0.25, -0.2) is 0 Å². The molecule has 1 N–H and O–H groups in total. The number of hydrogen-bond acceptors (Lipinski definition) is 6. The molecule has 0 heterocycles. The maximum Gasteiger partial charge on any atom is 0.216 e. The molecule has 0 atom stereocenters. The summed E-state index contributed by atoms with van der Waals surface area (Å²) in [5, 5.41) is 2.74. The van der Waals surface area contributed by atoms with Crippen LogP contribution in [0, 0.1) is 0 Å². The van der Waals surface area contributed by atoms with E-state index >= 15 is 0 Å². The number of carbonyl (C=O) groups excluding carboxylic acids is 2. The van der Waals surface area contributed by atoms with E-state index in [1.807, 2.05) is 6.07 Å². The van der Waals surface area contributed by atoms with E-state index in [-0.39, 0.29) is 11.7 Å². The fourth-order valence-electron chi connectivity index (χ4n) is 2.94. The quantitative estimate of drug-likeness (QED) is 0.475. The molecule has 2 rings (SSSR count). The van der Waals surface area contributed by atoms with Gasteiger partial charge in [0, 0.05) is 30.7 Å². The van der Waals surface area contributed by atoms with E-state index in [1.54, 1.807) is 44.6 Å². The van der Waals surface area contributed by atoms with Crippen molar-refractivity contribution < 1.29 is 28.5 Å². The van der Waals surface area contributed by atoms with Crippen LogP contribution in [-0.2, 0) is 11.2 Å². The first-order valence-electron chi connectivity index (χ1n) is 9.37. The molecule has 0 fully saturated rings. The third-order valence-electron chi connectivity index (χ3n) is 4.50. The average molecular weight is 413 g/mol. The van der Waals surface area contributed by atoms with Crippen LogP contribution in [0.1, 0.15) is 28.4 Å². The maximum absolute atomic E-state index is 13.0. The number of rotatable bonds is 10. The van der Waals surface area contributed by atoms with Crippen molar-refractivity contribution in [3.63, 3.8) is 0 Å². The molecule has 7 heteroatoms. The van der Waals surface area contributed by atoms with Gasteiger partial charge in [-0.2, -0.15) is 0 Å². The number of benzene rings is 2. The molecule has 30 heavy (non-hydrogen) atoms. The predicted molar refractivity (Wildman–Crippen MR) is 115 cm³/mol. The number of carbonyl (C=O) groups is 2. The van der Waals surface area contributed by atoms with Crippen LogP contribution in [0.3, 0.4) is 0 Å². The molecular formula is C23H27NO6. The Hall–Kier alpha value is -3.48. The molecule has 0 aromatic heterocycles. The molecule has 0 saturated carbocycles. The van der Waals surface area contributed by atoms with Crippen molar-refractivity contribution in [2.45, 2.75) is 13.3 Å². The van der Waals surface area contributed by atoms with Crippen LogP contribution in [0.2, 0.25) is 0 Å². The standard InChI is InChI=1S/C23H27NO6/c1-15(25)24-11-10-17-12-22(29-4)23(30-5)14-19(17)20(26)9-7-16-6-8-18(27-2)13-21(16)28-3/h6-9,12-14H,10-11H2,1-5H3,(H,24,25). The van der Waals surface area contributed by atoms with Crippen LogP contribution in [0.4, 0.5) is 0 Å². The highest BCUT2D eigenvalue weighted by Crippen LogP contribution is 2.32. The van der Waals surface area contributed by atoms with E-state index < -0.39 is 0 Å². The van der Waals surface area contributed by atoms with Gasteiger partial charge in [0.2, 0.25) is 5.91 Å². The summed E-state index contributed by atoms with van der Waals surface area (Å²) in [5.41, 5.74) is 1.96. The SMILES string of the molecule is COc1ccc(C=CC(=O)c2cc(OC)c(OC)cc2CCNC(C)=O)c(OC)c1. The lowest BCUT2D eigenvalue weighted by Crippen LogP contribution is -2.23. The van der Waals surface area contributed by atoms with Crippen molar-refractivity contribution in [3.05, 3.63) is 53.1 Å². The number of hydrogen-bond donors (Lipinski definition) is 1. The third-order valence-corrected chi connectivity index (χ3v) is 4.50. The van der Waals surface area contributed by atoms with Gasteiger partial charge in [0.05, 0.1) is 28.4 Å². The van der Waals surface area contributed by atoms with Crippen LogP contribution < -0.4 is 24.3 Å². The van der Waals surface area contributed by atoms with Crippen molar-refractivity contribution >= 4 is 17.8 Å². The normalized spacial score (nSPS) is 10.6. The Kier molecular flexibility index (Phi) is 8.29. The number of nitrogens with one attached hydrogen (secondary N) is 1. The van der Waals surface area contributed by atoms with Gasteiger partial charge in [0.15, 0.2) is 17.3 Å². The number of methoxy groups -OCH3 is 4. The largest absolute Gasteiger partial charge is 0.497 e. The molecule has 1 amide bonds. The second-order valence-electron chi connectivity index (χ2n) is 6.40. The van der Waals surface area contributed by atoms with Gasteiger partial charge in [0.25, 0.3) is 0 Å². The molecule has 160 valence electrons. The van der Waals surface area contributed by atoms with Gasteiger partial charge < -0.3 is 24.3 Å². The van der Waals surface area contributed by atoms with Gasteiger partial charge >= 0.3 is 0 Å². The Morgan fingerprint density at radius 3 is 2.17 bits per heavy atom. The van der Waals surface area contributed by atoms with Gasteiger partial charge in [-0.15, -0.1) is 0 Å². The summed E-state index contributed by atoms with van der Waals surface area (Å²) in [6.45, 7) is 1.85.